The highest BCUT2D eigenvalue weighted by molar-refractivity contribution is 5.75. The molecule has 27 heavy (non-hydrogen) atoms. The number of hydrogen-bond acceptors (Lipinski definition) is 1. The van der Waals surface area contributed by atoms with Gasteiger partial charge in [-0.25, -0.2) is 0 Å². The summed E-state index contributed by atoms with van der Waals surface area (Å²) in [5.41, 5.74) is 0. The van der Waals surface area contributed by atoms with E-state index in [9.17, 15) is 18.0 Å². The lowest BCUT2D eigenvalue weighted by Crippen LogP contribution is -2.33. The van der Waals surface area contributed by atoms with Crippen LogP contribution in [0.2, 0.25) is 0 Å². The van der Waals surface area contributed by atoms with Gasteiger partial charge in [0.25, 0.3) is 0 Å². The quantitative estimate of drug-likeness (QED) is 0.243. The van der Waals surface area contributed by atoms with Gasteiger partial charge in [-0.3, -0.25) is 4.79 Å². The third-order valence-electron chi connectivity index (χ3n) is 3.72. The molecule has 0 fully saturated rings. The first kappa shape index (κ1) is 25.2. The van der Waals surface area contributed by atoms with Crippen LogP contribution in [0.25, 0.3) is 0 Å². The van der Waals surface area contributed by atoms with Gasteiger partial charge in [0.2, 0.25) is 5.91 Å². The number of halogens is 3. The zero-order chi connectivity index (χ0) is 20.2. The number of hydrogen-bond donors (Lipinski definition) is 1. The molecule has 0 radical (unpaired) electrons. The second-order valence-electron chi connectivity index (χ2n) is 6.37. The Labute approximate surface area is 162 Å². The minimum atomic E-state index is -4.35. The van der Waals surface area contributed by atoms with E-state index in [0.717, 1.165) is 19.3 Å². The van der Waals surface area contributed by atoms with Crippen molar-refractivity contribution in [2.24, 2.45) is 0 Å². The fourth-order valence-electron chi connectivity index (χ4n) is 2.23. The normalized spacial score (nSPS) is 12.9. The second-order valence-corrected chi connectivity index (χ2v) is 6.37. The van der Waals surface area contributed by atoms with E-state index in [1.54, 1.807) is 0 Å². The first-order valence-corrected chi connectivity index (χ1v) is 9.89. The van der Waals surface area contributed by atoms with Gasteiger partial charge in [-0.15, -0.1) is 0 Å². The zero-order valence-corrected chi connectivity index (χ0v) is 16.4. The highest BCUT2D eigenvalue weighted by Crippen LogP contribution is 2.12. The number of allylic oxidation sites excluding steroid dienone is 8. The molecule has 0 atom stereocenters. The fraction of sp³-hybridized carbons (Fsp3) is 0.591. The number of unbranched alkanes of at least 4 members (excludes halogenated alkanes) is 4. The van der Waals surface area contributed by atoms with Crippen LogP contribution in [0, 0.1) is 0 Å². The Bertz CT molecular complexity index is 476. The number of carbonyl (C=O) groups excluding carboxylic acids is 1. The third-order valence-corrected chi connectivity index (χ3v) is 3.72. The van der Waals surface area contributed by atoms with Crippen molar-refractivity contribution in [1.82, 2.24) is 5.32 Å². The van der Waals surface area contributed by atoms with Gasteiger partial charge >= 0.3 is 6.18 Å². The van der Waals surface area contributed by atoms with Crippen LogP contribution in [0.1, 0.15) is 71.1 Å². The Morgan fingerprint density at radius 2 is 1.26 bits per heavy atom. The molecule has 1 amide bonds. The van der Waals surface area contributed by atoms with Crippen molar-refractivity contribution in [2.45, 2.75) is 77.3 Å². The van der Waals surface area contributed by atoms with Crippen LogP contribution in [0.3, 0.4) is 0 Å². The van der Waals surface area contributed by atoms with Gasteiger partial charge in [0.15, 0.2) is 0 Å². The largest absolute Gasteiger partial charge is 0.405 e. The first-order chi connectivity index (χ1) is 13.0. The van der Waals surface area contributed by atoms with Crippen LogP contribution in [-0.4, -0.2) is 18.6 Å². The Balaban J connectivity index is 3.52. The van der Waals surface area contributed by atoms with Crippen molar-refractivity contribution in [1.29, 1.82) is 0 Å². The molecule has 0 heterocycles. The highest BCUT2D eigenvalue weighted by atomic mass is 19.4. The Hall–Kier alpha value is -1.78. The molecular weight excluding hydrogens is 351 g/mol. The molecule has 0 aromatic heterocycles. The Kier molecular flexibility index (Phi) is 16.5. The standard InChI is InChI=1S/C22H34F3NO/c1-2-3-4-5-6-7-8-9-10-11-12-13-14-15-16-17-18-19-21(27)26-20-22(23,24)25/h6-7,9-10,12-13,15-16H,2-5,8,11,14,17-20H2,1H3,(H,26,27)/b7-6-,10-9-,13-12-,16-15-. The Morgan fingerprint density at radius 3 is 1.74 bits per heavy atom. The van der Waals surface area contributed by atoms with E-state index in [-0.39, 0.29) is 6.42 Å². The molecule has 154 valence electrons. The predicted octanol–water partition coefficient (Wildman–Crippen LogP) is 6.81. The summed E-state index contributed by atoms with van der Waals surface area (Å²) in [5.74, 6) is -0.553. The molecule has 0 aromatic carbocycles. The number of carbonyl (C=O) groups is 1. The summed E-state index contributed by atoms with van der Waals surface area (Å²) in [7, 11) is 0. The minimum absolute atomic E-state index is 0.119. The first-order valence-electron chi connectivity index (χ1n) is 9.89. The van der Waals surface area contributed by atoms with Gasteiger partial charge in [0.05, 0.1) is 0 Å². The summed E-state index contributed by atoms with van der Waals surface area (Å²) in [4.78, 5) is 11.2. The molecule has 0 saturated carbocycles. The predicted molar refractivity (Wildman–Crippen MR) is 107 cm³/mol. The van der Waals surface area contributed by atoms with Gasteiger partial charge in [-0.1, -0.05) is 68.4 Å². The van der Waals surface area contributed by atoms with E-state index < -0.39 is 18.6 Å². The fourth-order valence-corrected chi connectivity index (χ4v) is 2.23. The molecule has 0 aliphatic heterocycles. The van der Waals surface area contributed by atoms with Crippen molar-refractivity contribution in [3.63, 3.8) is 0 Å². The van der Waals surface area contributed by atoms with E-state index in [4.69, 9.17) is 0 Å². The second kappa shape index (κ2) is 17.6. The maximum absolute atomic E-state index is 11.9. The van der Waals surface area contributed by atoms with Gasteiger partial charge in [0, 0.05) is 6.42 Å². The number of nitrogens with one attached hydrogen (secondary N) is 1. The van der Waals surface area contributed by atoms with E-state index in [2.05, 4.69) is 43.4 Å². The summed E-state index contributed by atoms with van der Waals surface area (Å²) in [6.45, 7) is 0.957. The third kappa shape index (κ3) is 22.2. The molecule has 1 N–H and O–H groups in total. The molecule has 5 heteroatoms. The van der Waals surface area contributed by atoms with Crippen molar-refractivity contribution in [3.05, 3.63) is 48.6 Å². The maximum Gasteiger partial charge on any atom is 0.405 e. The molecule has 0 unspecified atom stereocenters. The van der Waals surface area contributed by atoms with Crippen LogP contribution in [-0.2, 0) is 4.79 Å². The lowest BCUT2D eigenvalue weighted by molar-refractivity contribution is -0.138. The van der Waals surface area contributed by atoms with Crippen LogP contribution in [0.15, 0.2) is 48.6 Å². The molecule has 0 aliphatic carbocycles. The molecule has 0 rings (SSSR count). The summed E-state index contributed by atoms with van der Waals surface area (Å²) in [6.07, 6.45) is 21.7. The summed E-state index contributed by atoms with van der Waals surface area (Å²) in [5, 5.41) is 1.87. The number of rotatable bonds is 15. The molecule has 0 saturated heterocycles. The summed E-state index contributed by atoms with van der Waals surface area (Å²) >= 11 is 0. The molecule has 2 nitrogen and oxygen atoms in total. The Morgan fingerprint density at radius 1 is 0.778 bits per heavy atom. The summed E-state index contributed by atoms with van der Waals surface area (Å²) < 4.78 is 35.8. The monoisotopic (exact) mass is 385 g/mol. The highest BCUT2D eigenvalue weighted by Gasteiger charge is 2.27. The number of alkyl halides is 3. The maximum atomic E-state index is 11.9. The molecular formula is C22H34F3NO. The molecule has 0 bridgehead atoms. The van der Waals surface area contributed by atoms with Crippen molar-refractivity contribution >= 4 is 5.91 Å². The number of amides is 1. The van der Waals surface area contributed by atoms with Gasteiger partial charge in [-0.05, 0) is 44.9 Å². The van der Waals surface area contributed by atoms with Crippen molar-refractivity contribution in [2.75, 3.05) is 6.54 Å². The van der Waals surface area contributed by atoms with E-state index in [0.29, 0.717) is 12.8 Å². The van der Waals surface area contributed by atoms with Gasteiger partial charge in [-0.2, -0.15) is 13.2 Å². The van der Waals surface area contributed by atoms with E-state index in [1.807, 2.05) is 17.5 Å². The lowest BCUT2D eigenvalue weighted by Gasteiger charge is -2.07. The van der Waals surface area contributed by atoms with Crippen molar-refractivity contribution < 1.29 is 18.0 Å². The lowest BCUT2D eigenvalue weighted by atomic mass is 10.2. The topological polar surface area (TPSA) is 29.1 Å². The zero-order valence-electron chi connectivity index (χ0n) is 16.4. The van der Waals surface area contributed by atoms with E-state index in [1.165, 1.54) is 25.7 Å². The molecule has 0 aromatic rings. The minimum Gasteiger partial charge on any atom is -0.347 e. The van der Waals surface area contributed by atoms with E-state index >= 15 is 0 Å². The van der Waals surface area contributed by atoms with Crippen LogP contribution < -0.4 is 5.32 Å². The van der Waals surface area contributed by atoms with Gasteiger partial charge in [0.1, 0.15) is 6.54 Å². The van der Waals surface area contributed by atoms with Crippen molar-refractivity contribution in [3.8, 4) is 0 Å². The average Bonchev–Trinajstić information content (AvgIpc) is 2.62. The van der Waals surface area contributed by atoms with Crippen LogP contribution in [0.5, 0.6) is 0 Å². The van der Waals surface area contributed by atoms with Gasteiger partial charge < -0.3 is 5.32 Å². The summed E-state index contributed by atoms with van der Waals surface area (Å²) in [6, 6.07) is 0. The average molecular weight is 386 g/mol. The van der Waals surface area contributed by atoms with Crippen LogP contribution >= 0.6 is 0 Å². The SMILES string of the molecule is CCCCC/C=C\C/C=C\C/C=C\C/C=C\CCCC(=O)NCC(F)(F)F. The molecule has 0 spiro atoms. The molecule has 0 aliphatic rings. The van der Waals surface area contributed by atoms with Crippen LogP contribution in [0.4, 0.5) is 13.2 Å². The smallest absolute Gasteiger partial charge is 0.347 e.